The van der Waals surface area contributed by atoms with Crippen LogP contribution >= 0.6 is 11.6 Å². The number of carbonyl (C=O) groups excluding carboxylic acids is 1. The second-order valence-corrected chi connectivity index (χ2v) is 9.31. The molecule has 6 rings (SSSR count). The van der Waals surface area contributed by atoms with Crippen LogP contribution < -0.4 is 15.1 Å². The lowest BCUT2D eigenvalue weighted by molar-refractivity contribution is -0.134. The SMILES string of the molecule is COc1cccc2cc(-c3cc(=O)oc4cc(-c5ccccc5)c(OC(=O)C(Cl)c5ccccc5)cc34)oc12. The van der Waals surface area contributed by atoms with Gasteiger partial charge in [-0.3, -0.25) is 0 Å². The molecule has 0 aliphatic heterocycles. The first-order chi connectivity index (χ1) is 19.0. The zero-order chi connectivity index (χ0) is 26.9. The third-order valence-corrected chi connectivity index (χ3v) is 6.86. The van der Waals surface area contributed by atoms with Crippen molar-refractivity contribution >= 4 is 39.5 Å². The highest BCUT2D eigenvalue weighted by Crippen LogP contribution is 2.40. The zero-order valence-corrected chi connectivity index (χ0v) is 21.5. The molecule has 39 heavy (non-hydrogen) atoms. The maximum Gasteiger partial charge on any atom is 0.336 e. The fraction of sp³-hybridized carbons (Fsp3) is 0.0625. The zero-order valence-electron chi connectivity index (χ0n) is 20.7. The summed E-state index contributed by atoms with van der Waals surface area (Å²) in [5.41, 5.74) is 2.77. The van der Waals surface area contributed by atoms with Crippen molar-refractivity contribution in [2.45, 2.75) is 5.38 Å². The Bertz CT molecular complexity index is 1870. The first kappa shape index (κ1) is 24.5. The summed E-state index contributed by atoms with van der Waals surface area (Å²) in [4.78, 5) is 25.8. The van der Waals surface area contributed by atoms with Crippen molar-refractivity contribution < 1.29 is 23.1 Å². The predicted molar refractivity (Wildman–Crippen MR) is 150 cm³/mol. The molecule has 6 nitrogen and oxygen atoms in total. The number of benzene rings is 4. The first-order valence-corrected chi connectivity index (χ1v) is 12.6. The Morgan fingerprint density at radius 3 is 2.28 bits per heavy atom. The van der Waals surface area contributed by atoms with E-state index in [1.807, 2.05) is 54.6 Å². The number of para-hydroxylation sites is 1. The Morgan fingerprint density at radius 2 is 1.54 bits per heavy atom. The van der Waals surface area contributed by atoms with E-state index in [-0.39, 0.29) is 5.75 Å². The molecule has 0 radical (unpaired) electrons. The fourth-order valence-corrected chi connectivity index (χ4v) is 4.76. The van der Waals surface area contributed by atoms with E-state index >= 15 is 0 Å². The molecule has 7 heteroatoms. The van der Waals surface area contributed by atoms with Crippen LogP contribution in [0.5, 0.6) is 11.5 Å². The van der Waals surface area contributed by atoms with E-state index < -0.39 is 17.0 Å². The Morgan fingerprint density at radius 1 is 0.795 bits per heavy atom. The van der Waals surface area contributed by atoms with Gasteiger partial charge in [0.25, 0.3) is 0 Å². The number of hydrogen-bond acceptors (Lipinski definition) is 6. The molecule has 192 valence electrons. The van der Waals surface area contributed by atoms with Gasteiger partial charge >= 0.3 is 11.6 Å². The van der Waals surface area contributed by atoms with E-state index in [1.165, 1.54) is 6.07 Å². The van der Waals surface area contributed by atoms with Gasteiger partial charge in [-0.25, -0.2) is 9.59 Å². The molecule has 0 N–H and O–H groups in total. The van der Waals surface area contributed by atoms with Gasteiger partial charge in [-0.2, -0.15) is 0 Å². The quantitative estimate of drug-likeness (QED) is 0.0936. The largest absolute Gasteiger partial charge is 0.493 e. The molecule has 0 aliphatic carbocycles. The van der Waals surface area contributed by atoms with Crippen molar-refractivity contribution in [2.75, 3.05) is 7.11 Å². The number of halogens is 1. The third-order valence-electron chi connectivity index (χ3n) is 6.43. The standard InChI is InChI=1S/C32H21ClO6/c1-36-25-14-8-13-21-15-26(38-31(21)25)24-18-29(34)37-28-16-22(19-9-4-2-5-10-19)27(17-23(24)28)39-32(35)30(33)20-11-6-3-7-12-20/h2-18,30H,1H3. The average Bonchev–Trinajstić information content (AvgIpc) is 3.41. The van der Waals surface area contributed by atoms with Crippen LogP contribution in [0.2, 0.25) is 0 Å². The van der Waals surface area contributed by atoms with E-state index in [0.717, 1.165) is 10.9 Å². The molecule has 0 saturated heterocycles. The van der Waals surface area contributed by atoms with Crippen LogP contribution in [0.1, 0.15) is 10.9 Å². The van der Waals surface area contributed by atoms with Gasteiger partial charge in [0.15, 0.2) is 16.7 Å². The summed E-state index contributed by atoms with van der Waals surface area (Å²) in [6.07, 6.45) is 0. The highest BCUT2D eigenvalue weighted by atomic mass is 35.5. The van der Waals surface area contributed by atoms with Crippen LogP contribution in [0.4, 0.5) is 0 Å². The number of ether oxygens (including phenoxy) is 2. The molecule has 0 amide bonds. The summed E-state index contributed by atoms with van der Waals surface area (Å²) in [6, 6.07) is 30.4. The molecule has 0 bridgehead atoms. The summed E-state index contributed by atoms with van der Waals surface area (Å²) in [7, 11) is 1.56. The summed E-state index contributed by atoms with van der Waals surface area (Å²) in [6.45, 7) is 0. The molecular weight excluding hydrogens is 516 g/mol. The Kier molecular flexibility index (Phi) is 6.39. The van der Waals surface area contributed by atoms with Gasteiger partial charge in [0.1, 0.15) is 17.1 Å². The molecule has 2 heterocycles. The number of alkyl halides is 1. The molecule has 4 aromatic carbocycles. The summed E-state index contributed by atoms with van der Waals surface area (Å²) < 4.78 is 23.1. The van der Waals surface area contributed by atoms with Gasteiger partial charge in [0, 0.05) is 28.0 Å². The second-order valence-electron chi connectivity index (χ2n) is 8.87. The van der Waals surface area contributed by atoms with Crippen molar-refractivity contribution in [1.82, 2.24) is 0 Å². The molecule has 0 fully saturated rings. The minimum absolute atomic E-state index is 0.268. The average molecular weight is 537 g/mol. The number of methoxy groups -OCH3 is 1. The van der Waals surface area contributed by atoms with E-state index in [1.54, 1.807) is 49.6 Å². The molecule has 2 aromatic heterocycles. The molecule has 0 spiro atoms. The molecule has 0 saturated carbocycles. The lowest BCUT2D eigenvalue weighted by Gasteiger charge is -2.15. The number of esters is 1. The minimum atomic E-state index is -1.01. The topological polar surface area (TPSA) is 78.9 Å². The van der Waals surface area contributed by atoms with Crippen molar-refractivity contribution in [2.24, 2.45) is 0 Å². The van der Waals surface area contributed by atoms with E-state index in [0.29, 0.717) is 44.8 Å². The number of hydrogen-bond donors (Lipinski definition) is 0. The molecule has 0 aliphatic rings. The fourth-order valence-electron chi connectivity index (χ4n) is 4.57. The minimum Gasteiger partial charge on any atom is -0.493 e. The number of furan rings is 1. The van der Waals surface area contributed by atoms with Crippen LogP contribution in [-0.2, 0) is 4.79 Å². The predicted octanol–water partition coefficient (Wildman–Crippen LogP) is 7.77. The van der Waals surface area contributed by atoms with E-state index in [4.69, 9.17) is 29.9 Å². The van der Waals surface area contributed by atoms with Crippen molar-refractivity contribution in [3.8, 4) is 33.9 Å². The number of fused-ring (bicyclic) bond motifs is 2. The van der Waals surface area contributed by atoms with Gasteiger partial charge in [0.2, 0.25) is 0 Å². The van der Waals surface area contributed by atoms with Crippen molar-refractivity contribution in [1.29, 1.82) is 0 Å². The highest BCUT2D eigenvalue weighted by molar-refractivity contribution is 6.30. The lowest BCUT2D eigenvalue weighted by atomic mass is 10.00. The van der Waals surface area contributed by atoms with Crippen LogP contribution in [0.3, 0.4) is 0 Å². The van der Waals surface area contributed by atoms with E-state index in [9.17, 15) is 9.59 Å². The Hall–Kier alpha value is -4.81. The van der Waals surface area contributed by atoms with E-state index in [2.05, 4.69) is 0 Å². The Labute approximate surface area is 228 Å². The van der Waals surface area contributed by atoms with Gasteiger partial charge < -0.3 is 18.3 Å². The van der Waals surface area contributed by atoms with Gasteiger partial charge in [0.05, 0.1) is 7.11 Å². The second kappa shape index (κ2) is 10.2. The van der Waals surface area contributed by atoms with Crippen LogP contribution in [0, 0.1) is 0 Å². The van der Waals surface area contributed by atoms with Gasteiger partial charge in [-0.05, 0) is 35.4 Å². The van der Waals surface area contributed by atoms with Crippen molar-refractivity contribution in [3.05, 3.63) is 119 Å². The van der Waals surface area contributed by atoms with Crippen LogP contribution in [0.25, 0.3) is 44.4 Å². The maximum absolute atomic E-state index is 13.2. The number of carbonyl (C=O) groups is 1. The number of rotatable bonds is 6. The van der Waals surface area contributed by atoms with Crippen LogP contribution in [-0.4, -0.2) is 13.1 Å². The maximum atomic E-state index is 13.2. The molecule has 6 aromatic rings. The molecular formula is C32H21ClO6. The molecule has 1 unspecified atom stereocenters. The third kappa shape index (κ3) is 4.67. The summed E-state index contributed by atoms with van der Waals surface area (Å²) in [5, 5.41) is 0.327. The summed E-state index contributed by atoms with van der Waals surface area (Å²) >= 11 is 6.48. The first-order valence-electron chi connectivity index (χ1n) is 12.2. The monoisotopic (exact) mass is 536 g/mol. The normalized spacial score (nSPS) is 11.9. The Balaban J connectivity index is 1.53. The smallest absolute Gasteiger partial charge is 0.336 e. The summed E-state index contributed by atoms with van der Waals surface area (Å²) in [5.74, 6) is 0.647. The van der Waals surface area contributed by atoms with Gasteiger partial charge in [-0.15, -0.1) is 11.6 Å². The van der Waals surface area contributed by atoms with Crippen molar-refractivity contribution in [3.63, 3.8) is 0 Å². The van der Waals surface area contributed by atoms with Crippen LogP contribution in [0.15, 0.2) is 117 Å². The molecule has 1 atom stereocenters. The highest BCUT2D eigenvalue weighted by Gasteiger charge is 2.23. The van der Waals surface area contributed by atoms with Gasteiger partial charge in [-0.1, -0.05) is 72.8 Å². The lowest BCUT2D eigenvalue weighted by Crippen LogP contribution is -2.15.